The highest BCUT2D eigenvalue weighted by atomic mass is 79.9. The lowest BCUT2D eigenvalue weighted by Crippen LogP contribution is -2.04. The first-order valence-electron chi connectivity index (χ1n) is 5.06. The topological polar surface area (TPSA) is 26.3 Å². The van der Waals surface area contributed by atoms with Crippen LogP contribution in [-0.4, -0.2) is 18.6 Å². The molecule has 0 bridgehead atoms. The van der Waals surface area contributed by atoms with E-state index in [0.29, 0.717) is 6.61 Å². The van der Waals surface area contributed by atoms with Crippen LogP contribution in [-0.2, 0) is 4.79 Å². The van der Waals surface area contributed by atoms with Crippen molar-refractivity contribution in [3.8, 4) is 5.75 Å². The van der Waals surface area contributed by atoms with Gasteiger partial charge in [-0.15, -0.1) is 11.8 Å². The smallest absolute Gasteiger partial charge is 0.147 e. The quantitative estimate of drug-likeness (QED) is 0.611. The van der Waals surface area contributed by atoms with Crippen LogP contribution in [0, 0.1) is 0 Å². The normalized spacial score (nSPS) is 12.2. The molecule has 2 nitrogen and oxygen atoms in total. The molecule has 0 N–H and O–H groups in total. The number of ether oxygens (including phenoxy) is 1. The fourth-order valence-electron chi connectivity index (χ4n) is 1.44. The number of Topliss-reactive ketones (excluding diaryl/α,β-unsaturated/α-hetero) is 1. The summed E-state index contributed by atoms with van der Waals surface area (Å²) < 4.78 is 5.55. The van der Waals surface area contributed by atoms with Crippen LogP contribution in [0.3, 0.4) is 0 Å². The van der Waals surface area contributed by atoms with Crippen molar-refractivity contribution in [3.63, 3.8) is 0 Å². The fourth-order valence-corrected chi connectivity index (χ4v) is 2.72. The predicted molar refractivity (Wildman–Crippen MR) is 71.7 cm³/mol. The molecule has 0 saturated carbocycles. The molecule has 1 aromatic carbocycles. The number of hydrogen-bond donors (Lipinski definition) is 0. The Balaban J connectivity index is 3.17. The first-order valence-corrected chi connectivity index (χ1v) is 7.20. The predicted octanol–water partition coefficient (Wildman–Crippen LogP) is 3.83. The first kappa shape index (κ1) is 13.6. The summed E-state index contributed by atoms with van der Waals surface area (Å²) in [6, 6.07) is 5.80. The molecular weight excluding hydrogens is 288 g/mol. The van der Waals surface area contributed by atoms with E-state index >= 15 is 0 Å². The van der Waals surface area contributed by atoms with Gasteiger partial charge >= 0.3 is 0 Å². The molecule has 0 aliphatic heterocycles. The van der Waals surface area contributed by atoms with Crippen LogP contribution < -0.4 is 4.74 Å². The van der Waals surface area contributed by atoms with Crippen molar-refractivity contribution in [2.75, 3.05) is 12.9 Å². The summed E-state index contributed by atoms with van der Waals surface area (Å²) in [5.74, 6) is 0.946. The van der Waals surface area contributed by atoms with Gasteiger partial charge in [-0.05, 0) is 31.7 Å². The molecule has 1 unspecified atom stereocenters. The van der Waals surface area contributed by atoms with Gasteiger partial charge in [0.1, 0.15) is 11.5 Å². The molecule has 0 aromatic heterocycles. The zero-order chi connectivity index (χ0) is 12.1. The van der Waals surface area contributed by atoms with Crippen LogP contribution in [0.2, 0.25) is 0 Å². The monoisotopic (exact) mass is 302 g/mol. The van der Waals surface area contributed by atoms with Gasteiger partial charge in [0.2, 0.25) is 0 Å². The molecule has 0 radical (unpaired) electrons. The Labute approximate surface area is 109 Å². The highest BCUT2D eigenvalue weighted by molar-refractivity contribution is 9.09. The number of rotatable bonds is 5. The van der Waals surface area contributed by atoms with Crippen molar-refractivity contribution in [1.82, 2.24) is 0 Å². The van der Waals surface area contributed by atoms with Crippen molar-refractivity contribution >= 4 is 33.5 Å². The summed E-state index contributed by atoms with van der Waals surface area (Å²) in [5, 5.41) is 0. The minimum atomic E-state index is -0.254. The molecule has 0 spiro atoms. The van der Waals surface area contributed by atoms with Crippen LogP contribution in [0.15, 0.2) is 23.1 Å². The Morgan fingerprint density at radius 3 is 2.75 bits per heavy atom. The van der Waals surface area contributed by atoms with Gasteiger partial charge < -0.3 is 4.74 Å². The lowest BCUT2D eigenvalue weighted by atomic mass is 10.1. The number of halogens is 1. The minimum Gasteiger partial charge on any atom is -0.493 e. The fraction of sp³-hybridized carbons (Fsp3) is 0.417. The molecular formula is C12H15BrO2S. The molecule has 1 rings (SSSR count). The minimum absolute atomic E-state index is 0.101. The van der Waals surface area contributed by atoms with Crippen molar-refractivity contribution in [1.29, 1.82) is 0 Å². The standard InChI is InChI=1S/C12H15BrO2S/c1-4-15-10-7-5-6-9(12(10)16-3)11(13)8(2)14/h5-7,11H,4H2,1-3H3. The zero-order valence-corrected chi connectivity index (χ0v) is 12.0. The molecule has 88 valence electrons. The summed E-state index contributed by atoms with van der Waals surface area (Å²) in [7, 11) is 0. The maximum atomic E-state index is 11.4. The van der Waals surface area contributed by atoms with Gasteiger partial charge in [-0.3, -0.25) is 4.79 Å². The Kier molecular flexibility index (Phi) is 5.35. The van der Waals surface area contributed by atoms with E-state index in [2.05, 4.69) is 15.9 Å². The largest absolute Gasteiger partial charge is 0.493 e. The van der Waals surface area contributed by atoms with Gasteiger partial charge in [0.25, 0.3) is 0 Å². The van der Waals surface area contributed by atoms with Gasteiger partial charge in [0, 0.05) is 0 Å². The Bertz CT molecular complexity index is 379. The molecule has 0 heterocycles. The zero-order valence-electron chi connectivity index (χ0n) is 9.62. The second-order valence-electron chi connectivity index (χ2n) is 3.28. The van der Waals surface area contributed by atoms with Gasteiger partial charge in [0.05, 0.1) is 16.3 Å². The Hall–Kier alpha value is -0.480. The number of hydrogen-bond acceptors (Lipinski definition) is 3. The van der Waals surface area contributed by atoms with Gasteiger partial charge in [-0.25, -0.2) is 0 Å². The van der Waals surface area contributed by atoms with E-state index in [1.165, 1.54) is 0 Å². The number of thioether (sulfide) groups is 1. The molecule has 0 aliphatic carbocycles. The van der Waals surface area contributed by atoms with Crippen LogP contribution in [0.1, 0.15) is 24.2 Å². The highest BCUT2D eigenvalue weighted by Crippen LogP contribution is 2.38. The molecule has 4 heteroatoms. The van der Waals surface area contributed by atoms with E-state index in [4.69, 9.17) is 4.74 Å². The summed E-state index contributed by atoms with van der Waals surface area (Å²) in [6.45, 7) is 4.16. The molecule has 1 atom stereocenters. The first-order chi connectivity index (χ1) is 7.61. The third-order valence-electron chi connectivity index (χ3n) is 2.14. The molecule has 0 aliphatic rings. The van der Waals surface area contributed by atoms with Crippen LogP contribution in [0.5, 0.6) is 5.75 Å². The summed E-state index contributed by atoms with van der Waals surface area (Å²) in [4.78, 5) is 12.2. The van der Waals surface area contributed by atoms with E-state index in [9.17, 15) is 4.79 Å². The van der Waals surface area contributed by atoms with Crippen molar-refractivity contribution in [3.05, 3.63) is 23.8 Å². The maximum absolute atomic E-state index is 11.4. The van der Waals surface area contributed by atoms with E-state index in [1.54, 1.807) is 18.7 Å². The maximum Gasteiger partial charge on any atom is 0.147 e. The lowest BCUT2D eigenvalue weighted by Gasteiger charge is -2.15. The Morgan fingerprint density at radius 2 is 2.25 bits per heavy atom. The number of carbonyl (C=O) groups excluding carboxylic acids is 1. The number of ketones is 1. The lowest BCUT2D eigenvalue weighted by molar-refractivity contribution is -0.116. The average Bonchev–Trinajstić information content (AvgIpc) is 2.28. The molecule has 0 saturated heterocycles. The highest BCUT2D eigenvalue weighted by Gasteiger charge is 2.18. The second-order valence-corrected chi connectivity index (χ2v) is 5.02. The third-order valence-corrected chi connectivity index (χ3v) is 4.13. The van der Waals surface area contributed by atoms with Crippen LogP contribution >= 0.6 is 27.7 Å². The van der Waals surface area contributed by atoms with Crippen molar-refractivity contribution < 1.29 is 9.53 Å². The van der Waals surface area contributed by atoms with Crippen LogP contribution in [0.25, 0.3) is 0 Å². The molecule has 0 fully saturated rings. The van der Waals surface area contributed by atoms with Gasteiger partial charge in [-0.1, -0.05) is 28.1 Å². The third kappa shape index (κ3) is 3.01. The van der Waals surface area contributed by atoms with E-state index in [1.807, 2.05) is 31.4 Å². The molecule has 0 amide bonds. The van der Waals surface area contributed by atoms with Crippen molar-refractivity contribution in [2.24, 2.45) is 0 Å². The van der Waals surface area contributed by atoms with Crippen molar-refractivity contribution in [2.45, 2.75) is 23.6 Å². The number of carbonyl (C=O) groups is 1. The summed E-state index contributed by atoms with van der Waals surface area (Å²) in [5.41, 5.74) is 0.978. The average molecular weight is 303 g/mol. The van der Waals surface area contributed by atoms with E-state index in [-0.39, 0.29) is 10.6 Å². The number of benzene rings is 1. The summed E-state index contributed by atoms with van der Waals surface area (Å²) in [6.07, 6.45) is 1.99. The second kappa shape index (κ2) is 6.30. The van der Waals surface area contributed by atoms with Gasteiger partial charge in [-0.2, -0.15) is 0 Å². The number of alkyl halides is 1. The Morgan fingerprint density at radius 1 is 1.56 bits per heavy atom. The SMILES string of the molecule is CCOc1cccc(C(Br)C(C)=O)c1SC. The molecule has 1 aromatic rings. The van der Waals surface area contributed by atoms with E-state index in [0.717, 1.165) is 16.2 Å². The molecule has 16 heavy (non-hydrogen) atoms. The van der Waals surface area contributed by atoms with E-state index < -0.39 is 0 Å². The van der Waals surface area contributed by atoms with Crippen LogP contribution in [0.4, 0.5) is 0 Å². The summed E-state index contributed by atoms with van der Waals surface area (Å²) >= 11 is 5.01. The van der Waals surface area contributed by atoms with Gasteiger partial charge in [0.15, 0.2) is 0 Å².